The van der Waals surface area contributed by atoms with Crippen LogP contribution in [0.25, 0.3) is 10.9 Å². The third-order valence-corrected chi connectivity index (χ3v) is 5.96. The lowest BCUT2D eigenvalue weighted by Gasteiger charge is -2.29. The van der Waals surface area contributed by atoms with E-state index in [1.807, 2.05) is 12.1 Å². The summed E-state index contributed by atoms with van der Waals surface area (Å²) in [5.41, 5.74) is 1.02. The molecule has 1 aromatic heterocycles. The maximum atomic E-state index is 14.3. The maximum Gasteiger partial charge on any atom is 0.163 e. The second-order valence-corrected chi connectivity index (χ2v) is 8.32. The van der Waals surface area contributed by atoms with Gasteiger partial charge < -0.3 is 25.6 Å². The van der Waals surface area contributed by atoms with Gasteiger partial charge in [-0.2, -0.15) is 0 Å². The molecule has 3 aromatic rings. The number of fused-ring (bicyclic) bond motifs is 1. The van der Waals surface area contributed by atoms with Crippen LogP contribution in [-0.2, 0) is 0 Å². The van der Waals surface area contributed by atoms with Gasteiger partial charge in [-0.1, -0.05) is 15.9 Å². The highest BCUT2D eigenvalue weighted by molar-refractivity contribution is 9.10. The number of nitrogens with one attached hydrogen (secondary N) is 2. The zero-order valence-electron chi connectivity index (χ0n) is 17.4. The highest BCUT2D eigenvalue weighted by Crippen LogP contribution is 2.36. The topological polar surface area (TPSA) is 99.8 Å². The molecule has 1 aliphatic rings. The molecule has 1 saturated heterocycles. The summed E-state index contributed by atoms with van der Waals surface area (Å²) in [6, 6.07) is 8.52. The van der Waals surface area contributed by atoms with Crippen LogP contribution in [0, 0.1) is 11.7 Å². The molecule has 0 saturated carbocycles. The fourth-order valence-electron chi connectivity index (χ4n) is 3.74. The third-order valence-electron chi connectivity index (χ3n) is 5.47. The van der Waals surface area contributed by atoms with Crippen molar-refractivity contribution in [2.24, 2.45) is 5.92 Å². The fraction of sp³-hybridized carbons (Fsp3) is 0.364. The van der Waals surface area contributed by atoms with Crippen LogP contribution in [0.2, 0.25) is 0 Å². The minimum atomic E-state index is -0.376. The number of benzene rings is 2. The normalized spacial score (nSPS) is 15.2. The number of piperidine rings is 1. The predicted octanol–water partition coefficient (Wildman–Crippen LogP) is 4.23. The van der Waals surface area contributed by atoms with Crippen LogP contribution in [0.5, 0.6) is 11.5 Å². The number of hydrogen-bond donors (Lipinski definition) is 2. The van der Waals surface area contributed by atoms with Gasteiger partial charge in [-0.3, -0.25) is 0 Å². The highest BCUT2D eigenvalue weighted by Gasteiger charge is 2.23. The van der Waals surface area contributed by atoms with Crippen molar-refractivity contribution < 1.29 is 19.3 Å². The Morgan fingerprint density at radius 1 is 1.16 bits per heavy atom. The summed E-state index contributed by atoms with van der Waals surface area (Å²) in [5, 5.41) is 7.16. The van der Waals surface area contributed by atoms with Gasteiger partial charge in [-0.05, 0) is 63.0 Å². The predicted molar refractivity (Wildman–Crippen MR) is 123 cm³/mol. The lowest BCUT2D eigenvalue weighted by atomic mass is 9.93. The number of hydrogen-bond acceptors (Lipinski definition) is 6. The van der Waals surface area contributed by atoms with Gasteiger partial charge in [0.1, 0.15) is 18.0 Å². The van der Waals surface area contributed by atoms with E-state index in [2.05, 4.69) is 43.5 Å². The quantitative estimate of drug-likeness (QED) is 0.534. The molecule has 9 heteroatoms. The Hall–Kier alpha value is -2.49. The summed E-state index contributed by atoms with van der Waals surface area (Å²) < 4.78 is 26.8. The number of aromatic nitrogens is 2. The van der Waals surface area contributed by atoms with Crippen LogP contribution >= 0.6 is 15.9 Å². The van der Waals surface area contributed by atoms with Crippen LogP contribution < -0.4 is 20.1 Å². The Kier molecular flexibility index (Phi) is 7.64. The van der Waals surface area contributed by atoms with E-state index in [1.165, 1.54) is 12.4 Å². The lowest BCUT2D eigenvalue weighted by molar-refractivity contribution is 0.124. The minimum Gasteiger partial charge on any atom is -0.493 e. The Morgan fingerprint density at radius 3 is 2.65 bits per heavy atom. The second kappa shape index (κ2) is 10.2. The second-order valence-electron chi connectivity index (χ2n) is 7.40. The molecule has 1 atom stereocenters. The molecule has 31 heavy (non-hydrogen) atoms. The number of anilines is 2. The zero-order chi connectivity index (χ0) is 21.1. The molecule has 4 N–H and O–H groups in total. The lowest BCUT2D eigenvalue weighted by Crippen LogP contribution is -2.35. The van der Waals surface area contributed by atoms with E-state index in [9.17, 15) is 4.39 Å². The Labute approximate surface area is 188 Å². The Bertz CT molecular complexity index is 1050. The van der Waals surface area contributed by atoms with E-state index in [4.69, 9.17) is 9.47 Å². The molecule has 0 bridgehead atoms. The molecule has 0 radical (unpaired) electrons. The van der Waals surface area contributed by atoms with E-state index in [0.29, 0.717) is 38.9 Å². The first kappa shape index (κ1) is 23.2. The van der Waals surface area contributed by atoms with Gasteiger partial charge >= 0.3 is 0 Å². The van der Waals surface area contributed by atoms with Crippen molar-refractivity contribution >= 4 is 38.3 Å². The molecule has 0 amide bonds. The van der Waals surface area contributed by atoms with Gasteiger partial charge in [0.2, 0.25) is 0 Å². The van der Waals surface area contributed by atoms with Gasteiger partial charge in [-0.25, -0.2) is 14.4 Å². The van der Waals surface area contributed by atoms with Crippen LogP contribution in [0.1, 0.15) is 19.8 Å². The van der Waals surface area contributed by atoms with E-state index >= 15 is 0 Å². The molecule has 0 aliphatic carbocycles. The van der Waals surface area contributed by atoms with Crippen LogP contribution in [0.15, 0.2) is 41.1 Å². The van der Waals surface area contributed by atoms with E-state index in [1.54, 1.807) is 19.2 Å². The molecule has 2 heterocycles. The van der Waals surface area contributed by atoms with Gasteiger partial charge in [0, 0.05) is 15.9 Å². The summed E-state index contributed by atoms with van der Waals surface area (Å²) in [6.07, 6.45) is 3.70. The first-order valence-electron chi connectivity index (χ1n) is 9.97. The van der Waals surface area contributed by atoms with Crippen molar-refractivity contribution in [1.29, 1.82) is 0 Å². The van der Waals surface area contributed by atoms with E-state index in [-0.39, 0.29) is 17.4 Å². The third kappa shape index (κ3) is 5.23. The molecule has 1 unspecified atom stereocenters. The van der Waals surface area contributed by atoms with Crippen molar-refractivity contribution in [2.75, 3.05) is 25.5 Å². The number of rotatable bonds is 6. The van der Waals surface area contributed by atoms with Crippen LogP contribution in [0.4, 0.5) is 15.9 Å². The molecular formula is C22H26BrFN4O3. The highest BCUT2D eigenvalue weighted by atomic mass is 79.9. The summed E-state index contributed by atoms with van der Waals surface area (Å²) >= 11 is 3.27. The number of methoxy groups -OCH3 is 1. The first-order chi connectivity index (χ1) is 14.5. The summed E-state index contributed by atoms with van der Waals surface area (Å²) in [5.74, 6) is 1.86. The van der Waals surface area contributed by atoms with Crippen molar-refractivity contribution in [1.82, 2.24) is 15.3 Å². The number of ether oxygens (including phenoxy) is 2. The Balaban J connectivity index is 0.00000272. The summed E-state index contributed by atoms with van der Waals surface area (Å²) in [6.45, 7) is 4.13. The van der Waals surface area contributed by atoms with Gasteiger partial charge in [-0.15, -0.1) is 0 Å². The molecular weight excluding hydrogens is 467 g/mol. The van der Waals surface area contributed by atoms with Gasteiger partial charge in [0.15, 0.2) is 11.5 Å². The Morgan fingerprint density at radius 2 is 1.94 bits per heavy atom. The van der Waals surface area contributed by atoms with Crippen molar-refractivity contribution in [3.05, 3.63) is 46.9 Å². The SMILES string of the molecule is COc1cc2c(Nc3ccc(Br)cc3F)ncnc2cc1OC(C)C1CCNCC1.O. The molecule has 7 nitrogen and oxygen atoms in total. The maximum absolute atomic E-state index is 14.3. The molecule has 0 spiro atoms. The van der Waals surface area contributed by atoms with Gasteiger partial charge in [0.05, 0.1) is 24.4 Å². The number of halogens is 2. The van der Waals surface area contributed by atoms with E-state index in [0.717, 1.165) is 31.3 Å². The first-order valence-corrected chi connectivity index (χ1v) is 10.8. The molecule has 4 rings (SSSR count). The van der Waals surface area contributed by atoms with Crippen molar-refractivity contribution in [2.45, 2.75) is 25.9 Å². The molecule has 1 aliphatic heterocycles. The fourth-order valence-corrected chi connectivity index (χ4v) is 4.08. The summed E-state index contributed by atoms with van der Waals surface area (Å²) in [7, 11) is 1.61. The number of nitrogens with zero attached hydrogens (tertiary/aromatic N) is 2. The summed E-state index contributed by atoms with van der Waals surface area (Å²) in [4.78, 5) is 8.68. The zero-order valence-corrected chi connectivity index (χ0v) is 19.0. The minimum absolute atomic E-state index is 0. The van der Waals surface area contributed by atoms with Crippen molar-refractivity contribution in [3.63, 3.8) is 0 Å². The average molecular weight is 493 g/mol. The largest absolute Gasteiger partial charge is 0.493 e. The van der Waals surface area contributed by atoms with Crippen LogP contribution in [0.3, 0.4) is 0 Å². The molecule has 1 fully saturated rings. The molecule has 2 aromatic carbocycles. The average Bonchev–Trinajstić information content (AvgIpc) is 2.76. The molecule has 166 valence electrons. The smallest absolute Gasteiger partial charge is 0.163 e. The van der Waals surface area contributed by atoms with Crippen LogP contribution in [-0.4, -0.2) is 41.7 Å². The van der Waals surface area contributed by atoms with E-state index < -0.39 is 0 Å². The standard InChI is InChI=1S/C22H24BrFN4O2.H2O/c1-13(14-5-7-25-8-6-14)30-21-11-19-16(10-20(21)29-2)22(27-12-26-19)28-18-4-3-15(23)9-17(18)24;/h3-4,9-14,25H,5-8H2,1-2H3,(H,26,27,28);1H2. The monoisotopic (exact) mass is 492 g/mol. The van der Waals surface area contributed by atoms with Gasteiger partial charge in [0.25, 0.3) is 0 Å². The van der Waals surface area contributed by atoms with Crippen molar-refractivity contribution in [3.8, 4) is 11.5 Å².